The number of imidazole rings is 1. The fourth-order valence-corrected chi connectivity index (χ4v) is 1.92. The first-order valence-electron chi connectivity index (χ1n) is 6.05. The van der Waals surface area contributed by atoms with Gasteiger partial charge in [-0.05, 0) is 18.9 Å². The molecule has 2 aromatic rings. The van der Waals surface area contributed by atoms with Crippen molar-refractivity contribution in [2.75, 3.05) is 11.9 Å². The minimum atomic E-state index is 0.389. The maximum Gasteiger partial charge on any atom is 0.146 e. The lowest BCUT2D eigenvalue weighted by atomic mass is 10.2. The Labute approximate surface area is 116 Å². The van der Waals surface area contributed by atoms with E-state index >= 15 is 0 Å². The Bertz CT molecular complexity index is 559. The van der Waals surface area contributed by atoms with E-state index < -0.39 is 0 Å². The fraction of sp³-hybridized carbons (Fsp3) is 0.308. The largest absolute Gasteiger partial charge is 0.369 e. The van der Waals surface area contributed by atoms with Gasteiger partial charge in [-0.3, -0.25) is 0 Å². The minimum Gasteiger partial charge on any atom is -0.369 e. The van der Waals surface area contributed by atoms with Gasteiger partial charge in [-0.2, -0.15) is 5.26 Å². The number of pyridine rings is 1. The number of halogens is 1. The molecule has 0 saturated carbocycles. The number of hydrogen-bond donors (Lipinski definition) is 1. The first-order valence-corrected chi connectivity index (χ1v) is 6.43. The van der Waals surface area contributed by atoms with Crippen molar-refractivity contribution in [3.63, 3.8) is 0 Å². The second-order valence-corrected chi connectivity index (χ2v) is 4.45. The number of nitrogens with one attached hydrogen (secondary N) is 1. The molecule has 2 rings (SSSR count). The van der Waals surface area contributed by atoms with Gasteiger partial charge >= 0.3 is 0 Å². The van der Waals surface area contributed by atoms with Crippen LogP contribution >= 0.6 is 11.6 Å². The van der Waals surface area contributed by atoms with Gasteiger partial charge in [0.2, 0.25) is 0 Å². The van der Waals surface area contributed by atoms with E-state index in [1.54, 1.807) is 18.5 Å². The highest BCUT2D eigenvalue weighted by Gasteiger charge is 2.05. The summed E-state index contributed by atoms with van der Waals surface area (Å²) >= 11 is 6.04. The smallest absolute Gasteiger partial charge is 0.146 e. The quantitative estimate of drug-likeness (QED) is 0.823. The zero-order chi connectivity index (χ0) is 13.5. The van der Waals surface area contributed by atoms with E-state index in [4.69, 9.17) is 16.9 Å². The summed E-state index contributed by atoms with van der Waals surface area (Å²) in [6, 6.07) is 3.64. The van der Waals surface area contributed by atoms with Crippen LogP contribution in [0.25, 0.3) is 0 Å². The summed E-state index contributed by atoms with van der Waals surface area (Å²) in [6.45, 7) is 1.72. The molecule has 0 aromatic carbocycles. The van der Waals surface area contributed by atoms with Crippen molar-refractivity contribution in [3.8, 4) is 6.07 Å². The van der Waals surface area contributed by atoms with Crippen molar-refractivity contribution in [1.82, 2.24) is 14.5 Å². The molecule has 0 spiro atoms. The molecule has 0 aliphatic heterocycles. The van der Waals surface area contributed by atoms with E-state index in [2.05, 4.69) is 15.3 Å². The number of anilines is 1. The Morgan fingerprint density at radius 2 is 2.26 bits per heavy atom. The standard InChI is InChI=1S/C13H14ClN5/c14-12-11(9-15)3-5-18-13(12)17-4-1-2-7-19-8-6-16-10-19/h3,5-6,8,10H,1-2,4,7H2,(H,17,18). The summed E-state index contributed by atoms with van der Waals surface area (Å²) in [5.74, 6) is 0.573. The first kappa shape index (κ1) is 13.4. The third kappa shape index (κ3) is 3.70. The summed E-state index contributed by atoms with van der Waals surface area (Å²) in [5.41, 5.74) is 0.442. The third-order valence-corrected chi connectivity index (χ3v) is 3.09. The number of nitriles is 1. The van der Waals surface area contributed by atoms with Crippen LogP contribution in [0.15, 0.2) is 31.0 Å². The number of hydrogen-bond acceptors (Lipinski definition) is 4. The monoisotopic (exact) mass is 275 g/mol. The van der Waals surface area contributed by atoms with Crippen LogP contribution in [0.5, 0.6) is 0 Å². The lowest BCUT2D eigenvalue weighted by Crippen LogP contribution is -2.06. The number of aromatic nitrogens is 3. The molecule has 2 heterocycles. The average Bonchev–Trinajstić information content (AvgIpc) is 2.93. The third-order valence-electron chi connectivity index (χ3n) is 2.70. The van der Waals surface area contributed by atoms with Crippen molar-refractivity contribution in [3.05, 3.63) is 41.6 Å². The number of rotatable bonds is 6. The zero-order valence-corrected chi connectivity index (χ0v) is 11.1. The SMILES string of the molecule is N#Cc1ccnc(NCCCCn2ccnc2)c1Cl. The van der Waals surface area contributed by atoms with Gasteiger partial charge in [-0.1, -0.05) is 11.6 Å². The molecule has 0 atom stereocenters. The van der Waals surface area contributed by atoms with Crippen molar-refractivity contribution in [1.29, 1.82) is 5.26 Å². The highest BCUT2D eigenvalue weighted by molar-refractivity contribution is 6.34. The number of unbranched alkanes of at least 4 members (excludes halogenated alkanes) is 1. The summed E-state index contributed by atoms with van der Waals surface area (Å²) in [7, 11) is 0. The molecule has 0 radical (unpaired) electrons. The molecular formula is C13H14ClN5. The average molecular weight is 276 g/mol. The molecule has 0 saturated heterocycles. The van der Waals surface area contributed by atoms with Crippen LogP contribution in [0.2, 0.25) is 5.02 Å². The van der Waals surface area contributed by atoms with Gasteiger partial charge < -0.3 is 9.88 Å². The van der Waals surface area contributed by atoms with E-state index in [0.717, 1.165) is 25.9 Å². The molecule has 1 N–H and O–H groups in total. The lowest BCUT2D eigenvalue weighted by Gasteiger charge is -2.08. The number of nitrogens with zero attached hydrogens (tertiary/aromatic N) is 4. The van der Waals surface area contributed by atoms with Crippen molar-refractivity contribution in [2.45, 2.75) is 19.4 Å². The van der Waals surface area contributed by atoms with Crippen LogP contribution in [-0.2, 0) is 6.54 Å². The molecule has 98 valence electrons. The van der Waals surface area contributed by atoms with E-state index in [9.17, 15) is 0 Å². The van der Waals surface area contributed by atoms with Crippen LogP contribution in [0.4, 0.5) is 5.82 Å². The molecule has 5 nitrogen and oxygen atoms in total. The highest BCUT2D eigenvalue weighted by atomic mass is 35.5. The van der Waals surface area contributed by atoms with Gasteiger partial charge in [0.05, 0.1) is 11.9 Å². The molecule has 0 bridgehead atoms. The minimum absolute atomic E-state index is 0.389. The van der Waals surface area contributed by atoms with Crippen LogP contribution in [0, 0.1) is 11.3 Å². The Kier molecular flexibility index (Phi) is 4.76. The molecule has 6 heteroatoms. The van der Waals surface area contributed by atoms with E-state index in [1.807, 2.05) is 23.2 Å². The molecule has 2 aromatic heterocycles. The fourth-order valence-electron chi connectivity index (χ4n) is 1.70. The van der Waals surface area contributed by atoms with Crippen molar-refractivity contribution in [2.24, 2.45) is 0 Å². The molecule has 0 aliphatic carbocycles. The van der Waals surface area contributed by atoms with Gasteiger partial charge in [0.25, 0.3) is 0 Å². The molecule has 0 unspecified atom stereocenters. The molecular weight excluding hydrogens is 262 g/mol. The van der Waals surface area contributed by atoms with Crippen molar-refractivity contribution < 1.29 is 0 Å². The summed E-state index contributed by atoms with van der Waals surface area (Å²) in [6.07, 6.45) is 9.14. The molecule has 19 heavy (non-hydrogen) atoms. The Hall–Kier alpha value is -2.06. The summed E-state index contributed by atoms with van der Waals surface area (Å²) in [5, 5.41) is 12.4. The Morgan fingerprint density at radius 3 is 3.00 bits per heavy atom. The Balaban J connectivity index is 1.75. The summed E-state index contributed by atoms with van der Waals surface area (Å²) < 4.78 is 2.04. The van der Waals surface area contributed by atoms with Gasteiger partial charge in [-0.25, -0.2) is 9.97 Å². The van der Waals surface area contributed by atoms with E-state index in [1.165, 1.54) is 0 Å². The normalized spacial score (nSPS) is 10.1. The predicted molar refractivity (Wildman–Crippen MR) is 73.9 cm³/mol. The van der Waals surface area contributed by atoms with Crippen molar-refractivity contribution >= 4 is 17.4 Å². The Morgan fingerprint density at radius 1 is 1.37 bits per heavy atom. The summed E-state index contributed by atoms with van der Waals surface area (Å²) in [4.78, 5) is 8.11. The maximum atomic E-state index is 8.86. The molecule has 0 fully saturated rings. The lowest BCUT2D eigenvalue weighted by molar-refractivity contribution is 0.620. The molecule has 0 aliphatic rings. The predicted octanol–water partition coefficient (Wildman–Crippen LogP) is 2.70. The number of aryl methyl sites for hydroxylation is 1. The van der Waals surface area contributed by atoms with Gasteiger partial charge in [-0.15, -0.1) is 0 Å². The van der Waals surface area contributed by atoms with Gasteiger partial charge in [0, 0.05) is 31.7 Å². The topological polar surface area (TPSA) is 66.5 Å². The second-order valence-electron chi connectivity index (χ2n) is 4.07. The van der Waals surface area contributed by atoms with Crippen LogP contribution in [0.3, 0.4) is 0 Å². The van der Waals surface area contributed by atoms with Crippen LogP contribution in [-0.4, -0.2) is 21.1 Å². The van der Waals surface area contributed by atoms with Gasteiger partial charge in [0.15, 0.2) is 0 Å². The van der Waals surface area contributed by atoms with Gasteiger partial charge in [0.1, 0.15) is 16.9 Å². The zero-order valence-electron chi connectivity index (χ0n) is 10.4. The highest BCUT2D eigenvalue weighted by Crippen LogP contribution is 2.22. The molecule has 0 amide bonds. The van der Waals surface area contributed by atoms with Crippen LogP contribution in [0.1, 0.15) is 18.4 Å². The second kappa shape index (κ2) is 6.76. The van der Waals surface area contributed by atoms with Crippen LogP contribution < -0.4 is 5.32 Å². The maximum absolute atomic E-state index is 8.86. The van der Waals surface area contributed by atoms with E-state index in [-0.39, 0.29) is 0 Å². The van der Waals surface area contributed by atoms with E-state index in [0.29, 0.717) is 16.4 Å². The first-order chi connectivity index (χ1) is 9.31.